The van der Waals surface area contributed by atoms with Gasteiger partial charge in [-0.05, 0) is 31.2 Å². The molecule has 0 aliphatic carbocycles. The average molecular weight is 294 g/mol. The van der Waals surface area contributed by atoms with Crippen molar-refractivity contribution in [1.29, 1.82) is 0 Å². The first-order valence-electron chi connectivity index (χ1n) is 6.14. The van der Waals surface area contributed by atoms with Gasteiger partial charge in [-0.3, -0.25) is 15.3 Å². The molecule has 7 heteroatoms. The van der Waals surface area contributed by atoms with E-state index in [2.05, 4.69) is 15.8 Å². The molecule has 0 aliphatic rings. The highest BCUT2D eigenvalue weighted by atomic mass is 35.5. The third-order valence-corrected chi connectivity index (χ3v) is 3.01. The fourth-order valence-electron chi connectivity index (χ4n) is 1.87. The Labute approximate surface area is 121 Å². The summed E-state index contributed by atoms with van der Waals surface area (Å²) in [4.78, 5) is 12.2. The Balaban J connectivity index is 2.06. The SMILES string of the molecule is CC(Cn1cccn1)NC(=O)c1cc(Cl)ccc1NN. The van der Waals surface area contributed by atoms with E-state index in [4.69, 9.17) is 17.4 Å². The topological polar surface area (TPSA) is 85.0 Å². The minimum atomic E-state index is -0.236. The van der Waals surface area contributed by atoms with Gasteiger partial charge in [0.15, 0.2) is 0 Å². The molecule has 1 aromatic heterocycles. The number of hydrazine groups is 1. The monoisotopic (exact) mass is 293 g/mol. The highest BCUT2D eigenvalue weighted by Crippen LogP contribution is 2.19. The number of aromatic nitrogens is 2. The van der Waals surface area contributed by atoms with Crippen LogP contribution in [0.25, 0.3) is 0 Å². The van der Waals surface area contributed by atoms with Crippen molar-refractivity contribution in [3.05, 3.63) is 47.2 Å². The van der Waals surface area contributed by atoms with Crippen LogP contribution in [0.1, 0.15) is 17.3 Å². The molecule has 1 aromatic carbocycles. The summed E-state index contributed by atoms with van der Waals surface area (Å²) in [6.07, 6.45) is 3.54. The van der Waals surface area contributed by atoms with Gasteiger partial charge in [0, 0.05) is 23.5 Å². The van der Waals surface area contributed by atoms with Crippen molar-refractivity contribution in [2.24, 2.45) is 5.84 Å². The lowest BCUT2D eigenvalue weighted by Gasteiger charge is -2.15. The Hall–Kier alpha value is -2.05. The van der Waals surface area contributed by atoms with E-state index in [0.717, 1.165) is 0 Å². The Morgan fingerprint density at radius 2 is 2.35 bits per heavy atom. The number of carbonyl (C=O) groups is 1. The van der Waals surface area contributed by atoms with E-state index in [-0.39, 0.29) is 11.9 Å². The van der Waals surface area contributed by atoms with Crippen LogP contribution in [0.2, 0.25) is 5.02 Å². The van der Waals surface area contributed by atoms with Crippen LogP contribution in [-0.4, -0.2) is 21.7 Å². The molecule has 0 radical (unpaired) electrons. The Kier molecular flexibility index (Phi) is 4.60. The van der Waals surface area contributed by atoms with Crippen LogP contribution in [0.4, 0.5) is 5.69 Å². The first-order chi connectivity index (χ1) is 9.60. The van der Waals surface area contributed by atoms with E-state index in [0.29, 0.717) is 22.8 Å². The molecule has 1 amide bonds. The molecule has 2 rings (SSSR count). The average Bonchev–Trinajstić information content (AvgIpc) is 2.91. The van der Waals surface area contributed by atoms with Gasteiger partial charge in [0.05, 0.1) is 17.8 Å². The number of nitrogens with zero attached hydrogens (tertiary/aromatic N) is 2. The Bertz CT molecular complexity index is 584. The first-order valence-corrected chi connectivity index (χ1v) is 6.52. The molecule has 1 unspecified atom stereocenters. The summed E-state index contributed by atoms with van der Waals surface area (Å²) in [5, 5.41) is 7.46. The van der Waals surface area contributed by atoms with Crippen molar-refractivity contribution in [3.63, 3.8) is 0 Å². The van der Waals surface area contributed by atoms with Crippen molar-refractivity contribution in [2.75, 3.05) is 5.43 Å². The van der Waals surface area contributed by atoms with Crippen molar-refractivity contribution in [3.8, 4) is 0 Å². The van der Waals surface area contributed by atoms with Crippen LogP contribution in [0, 0.1) is 0 Å². The molecule has 0 bridgehead atoms. The molecule has 6 nitrogen and oxygen atoms in total. The fourth-order valence-corrected chi connectivity index (χ4v) is 2.04. The zero-order valence-electron chi connectivity index (χ0n) is 11.0. The summed E-state index contributed by atoms with van der Waals surface area (Å²) < 4.78 is 1.75. The maximum atomic E-state index is 12.2. The number of hydrogen-bond donors (Lipinski definition) is 3. The van der Waals surface area contributed by atoms with Crippen molar-refractivity contribution < 1.29 is 4.79 Å². The van der Waals surface area contributed by atoms with Gasteiger partial charge in [-0.15, -0.1) is 0 Å². The van der Waals surface area contributed by atoms with E-state index in [1.54, 1.807) is 29.1 Å². The number of amides is 1. The number of rotatable bonds is 5. The molecule has 1 heterocycles. The van der Waals surface area contributed by atoms with E-state index in [1.807, 2.05) is 19.2 Å². The summed E-state index contributed by atoms with van der Waals surface area (Å²) in [5.74, 6) is 5.16. The van der Waals surface area contributed by atoms with Crippen LogP contribution in [0.15, 0.2) is 36.7 Å². The quantitative estimate of drug-likeness (QED) is 0.578. The number of hydrogen-bond acceptors (Lipinski definition) is 4. The van der Waals surface area contributed by atoms with E-state index >= 15 is 0 Å². The highest BCUT2D eigenvalue weighted by molar-refractivity contribution is 6.31. The molecular formula is C13H16ClN5O. The van der Waals surface area contributed by atoms with Gasteiger partial charge in [0.1, 0.15) is 0 Å². The lowest BCUT2D eigenvalue weighted by molar-refractivity contribution is 0.0937. The lowest BCUT2D eigenvalue weighted by atomic mass is 10.1. The van der Waals surface area contributed by atoms with Gasteiger partial charge in [-0.1, -0.05) is 11.6 Å². The van der Waals surface area contributed by atoms with Gasteiger partial charge in [-0.2, -0.15) is 5.10 Å². The number of nitrogens with one attached hydrogen (secondary N) is 2. The smallest absolute Gasteiger partial charge is 0.253 e. The van der Waals surface area contributed by atoms with Crippen LogP contribution in [0.3, 0.4) is 0 Å². The summed E-state index contributed by atoms with van der Waals surface area (Å²) >= 11 is 5.91. The summed E-state index contributed by atoms with van der Waals surface area (Å²) in [6.45, 7) is 2.49. The van der Waals surface area contributed by atoms with Crippen molar-refractivity contribution >= 4 is 23.2 Å². The summed E-state index contributed by atoms with van der Waals surface area (Å²) in [7, 11) is 0. The number of halogens is 1. The molecule has 4 N–H and O–H groups in total. The molecule has 2 aromatic rings. The number of nitrogen functional groups attached to an aromatic ring is 1. The van der Waals surface area contributed by atoms with Crippen LogP contribution in [0.5, 0.6) is 0 Å². The van der Waals surface area contributed by atoms with Gasteiger partial charge in [0.2, 0.25) is 0 Å². The molecule has 1 atom stereocenters. The van der Waals surface area contributed by atoms with Gasteiger partial charge >= 0.3 is 0 Å². The maximum Gasteiger partial charge on any atom is 0.253 e. The molecule has 20 heavy (non-hydrogen) atoms. The van der Waals surface area contributed by atoms with Crippen LogP contribution in [-0.2, 0) is 6.54 Å². The van der Waals surface area contributed by atoms with Gasteiger partial charge in [0.25, 0.3) is 5.91 Å². The van der Waals surface area contributed by atoms with E-state index in [9.17, 15) is 4.79 Å². The molecule has 0 saturated carbocycles. The summed E-state index contributed by atoms with van der Waals surface area (Å²) in [5.41, 5.74) is 3.42. The van der Waals surface area contributed by atoms with E-state index in [1.165, 1.54) is 0 Å². The zero-order valence-corrected chi connectivity index (χ0v) is 11.8. The highest BCUT2D eigenvalue weighted by Gasteiger charge is 2.14. The number of anilines is 1. The standard InChI is InChI=1S/C13H16ClN5O/c1-9(8-19-6-2-5-16-19)17-13(20)11-7-10(14)3-4-12(11)18-15/h2-7,9,18H,8,15H2,1H3,(H,17,20). The normalized spacial score (nSPS) is 11.9. The molecule has 0 fully saturated rings. The first kappa shape index (κ1) is 14.4. The Morgan fingerprint density at radius 3 is 3.00 bits per heavy atom. The third-order valence-electron chi connectivity index (χ3n) is 2.78. The van der Waals surface area contributed by atoms with Crippen LogP contribution >= 0.6 is 11.6 Å². The largest absolute Gasteiger partial charge is 0.348 e. The minimum Gasteiger partial charge on any atom is -0.348 e. The molecule has 0 spiro atoms. The van der Waals surface area contributed by atoms with Crippen molar-refractivity contribution in [1.82, 2.24) is 15.1 Å². The predicted molar refractivity (Wildman–Crippen MR) is 78.4 cm³/mol. The number of nitrogens with two attached hydrogens (primary N) is 1. The van der Waals surface area contributed by atoms with Crippen LogP contribution < -0.4 is 16.6 Å². The zero-order chi connectivity index (χ0) is 14.5. The molecule has 106 valence electrons. The van der Waals surface area contributed by atoms with Gasteiger partial charge in [-0.25, -0.2) is 0 Å². The maximum absolute atomic E-state index is 12.2. The van der Waals surface area contributed by atoms with Crippen molar-refractivity contribution in [2.45, 2.75) is 19.5 Å². The third kappa shape index (κ3) is 3.49. The second-order valence-corrected chi connectivity index (χ2v) is 4.87. The fraction of sp³-hybridized carbons (Fsp3) is 0.231. The minimum absolute atomic E-state index is 0.0768. The predicted octanol–water partition coefficient (Wildman–Crippen LogP) is 1.64. The van der Waals surface area contributed by atoms with Gasteiger partial charge < -0.3 is 10.7 Å². The lowest BCUT2D eigenvalue weighted by Crippen LogP contribution is -2.36. The summed E-state index contributed by atoms with van der Waals surface area (Å²) in [6, 6.07) is 6.66. The van der Waals surface area contributed by atoms with E-state index < -0.39 is 0 Å². The molecule has 0 aliphatic heterocycles. The number of benzene rings is 1. The second kappa shape index (κ2) is 6.40. The molecule has 0 saturated heterocycles. The Morgan fingerprint density at radius 1 is 1.55 bits per heavy atom. The number of carbonyl (C=O) groups excluding carboxylic acids is 1. The second-order valence-electron chi connectivity index (χ2n) is 4.44. The molecular weight excluding hydrogens is 278 g/mol.